The van der Waals surface area contributed by atoms with Crippen LogP contribution in [0.3, 0.4) is 0 Å². The lowest BCUT2D eigenvalue weighted by Crippen LogP contribution is -2.21. The van der Waals surface area contributed by atoms with Gasteiger partial charge in [-0.1, -0.05) is 36.4 Å². The summed E-state index contributed by atoms with van der Waals surface area (Å²) in [6.45, 7) is 2.22. The number of amides is 1. The molecule has 0 aliphatic carbocycles. The number of benzene rings is 2. The summed E-state index contributed by atoms with van der Waals surface area (Å²) >= 11 is 1.51. The number of aryl methyl sites for hydroxylation is 1. The quantitative estimate of drug-likeness (QED) is 0.653. The third kappa shape index (κ3) is 4.73. The molecule has 0 unspecified atom stereocenters. The van der Waals surface area contributed by atoms with Gasteiger partial charge in [-0.3, -0.25) is 4.79 Å². The zero-order valence-electron chi connectivity index (χ0n) is 14.0. The molecule has 128 valence electrons. The molecular formula is C20H19FN2OS. The average Bonchev–Trinajstić information content (AvgIpc) is 3.09. The highest BCUT2D eigenvalue weighted by molar-refractivity contribution is 7.13. The molecule has 0 aliphatic rings. The van der Waals surface area contributed by atoms with Gasteiger partial charge in [-0.2, -0.15) is 0 Å². The highest BCUT2D eigenvalue weighted by atomic mass is 32.1. The monoisotopic (exact) mass is 354 g/mol. The van der Waals surface area contributed by atoms with Crippen LogP contribution < -0.4 is 5.32 Å². The Morgan fingerprint density at radius 2 is 1.96 bits per heavy atom. The van der Waals surface area contributed by atoms with Crippen molar-refractivity contribution in [2.75, 3.05) is 6.54 Å². The molecule has 1 aromatic heterocycles. The number of carbonyl (C=O) groups excluding carboxylic acids is 1. The summed E-state index contributed by atoms with van der Waals surface area (Å²) in [7, 11) is 0. The number of nitrogens with one attached hydrogen (secondary N) is 1. The van der Waals surface area contributed by atoms with Crippen LogP contribution in [0.2, 0.25) is 0 Å². The van der Waals surface area contributed by atoms with Gasteiger partial charge in [-0.15, -0.1) is 11.3 Å². The molecule has 3 aromatic rings. The molecule has 0 aliphatic heterocycles. The molecule has 0 spiro atoms. The number of carbonyl (C=O) groups is 1. The van der Waals surface area contributed by atoms with Gasteiger partial charge in [0.1, 0.15) is 10.8 Å². The van der Waals surface area contributed by atoms with Gasteiger partial charge in [0, 0.05) is 30.0 Å². The summed E-state index contributed by atoms with van der Waals surface area (Å²) in [6.07, 6.45) is 1.84. The fraction of sp³-hybridized carbons (Fsp3) is 0.200. The molecule has 0 atom stereocenters. The number of thiazole rings is 1. The Morgan fingerprint density at radius 1 is 1.16 bits per heavy atom. The second kappa shape index (κ2) is 8.03. The average molecular weight is 354 g/mol. The van der Waals surface area contributed by atoms with Crippen molar-refractivity contribution in [3.8, 4) is 21.8 Å². The predicted molar refractivity (Wildman–Crippen MR) is 99.9 cm³/mol. The van der Waals surface area contributed by atoms with Crippen molar-refractivity contribution in [2.45, 2.75) is 19.8 Å². The lowest BCUT2D eigenvalue weighted by atomic mass is 10.1. The summed E-state index contributed by atoms with van der Waals surface area (Å²) in [5.41, 5.74) is 3.97. The summed E-state index contributed by atoms with van der Waals surface area (Å²) in [5.74, 6) is -0.245. The van der Waals surface area contributed by atoms with Crippen molar-refractivity contribution in [2.24, 2.45) is 0 Å². The highest BCUT2D eigenvalue weighted by Gasteiger charge is 2.07. The van der Waals surface area contributed by atoms with Crippen LogP contribution in [0, 0.1) is 5.82 Å². The summed E-state index contributed by atoms with van der Waals surface area (Å²) < 4.78 is 13.4. The number of halogens is 1. The molecule has 1 amide bonds. The van der Waals surface area contributed by atoms with Crippen LogP contribution in [0.4, 0.5) is 4.39 Å². The predicted octanol–water partition coefficient (Wildman–Crippen LogP) is 4.68. The normalized spacial score (nSPS) is 10.6. The Labute approximate surface area is 150 Å². The van der Waals surface area contributed by atoms with Gasteiger partial charge in [0.05, 0.1) is 5.69 Å². The Balaban J connectivity index is 1.65. The van der Waals surface area contributed by atoms with Crippen LogP contribution in [0.25, 0.3) is 21.8 Å². The molecule has 0 fully saturated rings. The SMILES string of the molecule is CC(=O)NCCCc1ccc(-c2csc(-c3cccc(F)c3)n2)cc1. The van der Waals surface area contributed by atoms with E-state index < -0.39 is 0 Å². The van der Waals surface area contributed by atoms with E-state index in [0.717, 1.165) is 34.7 Å². The van der Waals surface area contributed by atoms with Crippen molar-refractivity contribution in [1.29, 1.82) is 0 Å². The Hall–Kier alpha value is -2.53. The number of nitrogens with zero attached hydrogens (tertiary/aromatic N) is 1. The van der Waals surface area contributed by atoms with Crippen LogP contribution >= 0.6 is 11.3 Å². The molecule has 1 N–H and O–H groups in total. The van der Waals surface area contributed by atoms with E-state index in [4.69, 9.17) is 0 Å². The minimum absolute atomic E-state index is 0.00739. The highest BCUT2D eigenvalue weighted by Crippen LogP contribution is 2.29. The summed E-state index contributed by atoms with van der Waals surface area (Å²) in [4.78, 5) is 15.5. The minimum Gasteiger partial charge on any atom is -0.356 e. The number of hydrogen-bond acceptors (Lipinski definition) is 3. The van der Waals surface area contributed by atoms with E-state index in [9.17, 15) is 9.18 Å². The Kier molecular flexibility index (Phi) is 5.56. The van der Waals surface area contributed by atoms with Gasteiger partial charge in [0.2, 0.25) is 5.91 Å². The number of aromatic nitrogens is 1. The van der Waals surface area contributed by atoms with E-state index in [1.165, 1.54) is 36.0 Å². The van der Waals surface area contributed by atoms with Crippen molar-refractivity contribution < 1.29 is 9.18 Å². The molecule has 3 rings (SSSR count). The minimum atomic E-state index is -0.252. The maximum atomic E-state index is 13.4. The molecule has 2 aromatic carbocycles. The van der Waals surface area contributed by atoms with E-state index in [1.807, 2.05) is 11.4 Å². The standard InChI is InChI=1S/C20H19FN2OS/c1-14(24)22-11-3-4-15-7-9-16(10-8-15)19-13-25-20(23-19)17-5-2-6-18(21)12-17/h2,5-10,12-13H,3-4,11H2,1H3,(H,22,24). The molecule has 25 heavy (non-hydrogen) atoms. The first-order valence-electron chi connectivity index (χ1n) is 8.17. The first-order valence-corrected chi connectivity index (χ1v) is 9.05. The van der Waals surface area contributed by atoms with Gasteiger partial charge < -0.3 is 5.32 Å². The molecule has 0 saturated heterocycles. The van der Waals surface area contributed by atoms with Crippen LogP contribution in [0.1, 0.15) is 18.9 Å². The van der Waals surface area contributed by atoms with Crippen molar-refractivity contribution in [1.82, 2.24) is 10.3 Å². The zero-order valence-corrected chi connectivity index (χ0v) is 14.8. The van der Waals surface area contributed by atoms with Crippen LogP contribution in [-0.2, 0) is 11.2 Å². The van der Waals surface area contributed by atoms with Gasteiger partial charge in [0.25, 0.3) is 0 Å². The van der Waals surface area contributed by atoms with Crippen LogP contribution in [-0.4, -0.2) is 17.4 Å². The summed E-state index contributed by atoms with van der Waals surface area (Å²) in [5, 5.41) is 5.61. The fourth-order valence-corrected chi connectivity index (χ4v) is 3.39. The van der Waals surface area contributed by atoms with E-state index in [-0.39, 0.29) is 11.7 Å². The topological polar surface area (TPSA) is 42.0 Å². The zero-order chi connectivity index (χ0) is 17.6. The molecule has 3 nitrogen and oxygen atoms in total. The van der Waals surface area contributed by atoms with Crippen molar-refractivity contribution in [3.63, 3.8) is 0 Å². The lowest BCUT2D eigenvalue weighted by molar-refractivity contribution is -0.118. The van der Waals surface area contributed by atoms with Gasteiger partial charge in [-0.05, 0) is 30.5 Å². The van der Waals surface area contributed by atoms with Crippen molar-refractivity contribution in [3.05, 3.63) is 65.3 Å². The van der Waals surface area contributed by atoms with Gasteiger partial charge in [0.15, 0.2) is 0 Å². The lowest BCUT2D eigenvalue weighted by Gasteiger charge is -2.04. The molecule has 1 heterocycles. The first-order chi connectivity index (χ1) is 12.1. The van der Waals surface area contributed by atoms with Crippen LogP contribution in [0.15, 0.2) is 53.9 Å². The second-order valence-electron chi connectivity index (χ2n) is 5.83. The maximum absolute atomic E-state index is 13.4. The molecule has 0 bridgehead atoms. The largest absolute Gasteiger partial charge is 0.356 e. The molecular weight excluding hydrogens is 335 g/mol. The smallest absolute Gasteiger partial charge is 0.216 e. The number of hydrogen-bond donors (Lipinski definition) is 1. The van der Waals surface area contributed by atoms with E-state index >= 15 is 0 Å². The number of rotatable bonds is 6. The Morgan fingerprint density at radius 3 is 2.68 bits per heavy atom. The summed E-state index contributed by atoms with van der Waals surface area (Å²) in [6, 6.07) is 14.8. The molecule has 0 saturated carbocycles. The van der Waals surface area contributed by atoms with Gasteiger partial charge in [-0.25, -0.2) is 9.37 Å². The first kappa shape index (κ1) is 17.3. The van der Waals surface area contributed by atoms with Crippen LogP contribution in [0.5, 0.6) is 0 Å². The molecule has 0 radical (unpaired) electrons. The Bertz CT molecular complexity index is 858. The maximum Gasteiger partial charge on any atom is 0.216 e. The third-order valence-electron chi connectivity index (χ3n) is 3.84. The van der Waals surface area contributed by atoms with E-state index in [1.54, 1.807) is 6.07 Å². The van der Waals surface area contributed by atoms with Crippen molar-refractivity contribution >= 4 is 17.2 Å². The third-order valence-corrected chi connectivity index (χ3v) is 4.73. The van der Waals surface area contributed by atoms with E-state index in [2.05, 4.69) is 34.6 Å². The van der Waals surface area contributed by atoms with Gasteiger partial charge >= 0.3 is 0 Å². The van der Waals surface area contributed by atoms with E-state index in [0.29, 0.717) is 6.54 Å². The second-order valence-corrected chi connectivity index (χ2v) is 6.69. The molecule has 5 heteroatoms. The fourth-order valence-electron chi connectivity index (χ4n) is 2.56.